The van der Waals surface area contributed by atoms with Gasteiger partial charge in [-0.3, -0.25) is 14.0 Å². The lowest BCUT2D eigenvalue weighted by molar-refractivity contribution is -0.225. The predicted molar refractivity (Wildman–Crippen MR) is 129 cm³/mol. The van der Waals surface area contributed by atoms with Gasteiger partial charge in [0.15, 0.2) is 5.78 Å². The lowest BCUT2D eigenvalue weighted by atomic mass is 9.34. The summed E-state index contributed by atoms with van der Waals surface area (Å²) in [4.78, 5) is 29.5. The third kappa shape index (κ3) is 3.17. The molecule has 0 radical (unpaired) electrons. The second kappa shape index (κ2) is 8.02. The van der Waals surface area contributed by atoms with Crippen molar-refractivity contribution in [3.8, 4) is 0 Å². The molecule has 6 rings (SSSR count). The second-order valence-electron chi connectivity index (χ2n) is 11.4. The first-order chi connectivity index (χ1) is 15.7. The second-order valence-corrected chi connectivity index (χ2v) is 11.4. The molecule has 0 amide bonds. The summed E-state index contributed by atoms with van der Waals surface area (Å²) in [6.45, 7) is 10.5. The fourth-order valence-electron chi connectivity index (χ4n) is 7.55. The van der Waals surface area contributed by atoms with Crippen molar-refractivity contribution in [2.24, 2.45) is 40.7 Å². The number of hydrogen-bond donors (Lipinski definition) is 2. The normalized spacial score (nSPS) is 34.6. The van der Waals surface area contributed by atoms with E-state index < -0.39 is 5.54 Å². The highest BCUT2D eigenvalue weighted by Crippen LogP contribution is 2.88. The van der Waals surface area contributed by atoms with Crippen molar-refractivity contribution in [2.45, 2.75) is 65.3 Å². The maximum Gasteiger partial charge on any atom is 0.199 e. The molecule has 6 unspecified atom stereocenters. The van der Waals surface area contributed by atoms with Crippen molar-refractivity contribution in [1.82, 2.24) is 14.7 Å². The summed E-state index contributed by atoms with van der Waals surface area (Å²) in [5.41, 5.74) is 8.63. The molecule has 0 saturated heterocycles. The number of ketones is 2. The summed E-state index contributed by atoms with van der Waals surface area (Å²) in [5, 5.41) is 3.33. The highest BCUT2D eigenvalue weighted by molar-refractivity contribution is 6.04. The topological polar surface area (TPSA) is 89.5 Å². The molecule has 6 atom stereocenters. The van der Waals surface area contributed by atoms with Crippen LogP contribution in [0.4, 0.5) is 0 Å². The number of pyridine rings is 1. The summed E-state index contributed by atoms with van der Waals surface area (Å²) in [5.74, 6) is 3.20. The quantitative estimate of drug-likeness (QED) is 0.473. The Labute approximate surface area is 196 Å². The van der Waals surface area contributed by atoms with Gasteiger partial charge in [0.1, 0.15) is 11.4 Å². The average molecular weight is 451 g/mol. The molecule has 4 fully saturated rings. The van der Waals surface area contributed by atoms with Gasteiger partial charge < -0.3 is 11.1 Å². The first kappa shape index (κ1) is 22.7. The first-order valence-electron chi connectivity index (χ1n) is 12.7. The van der Waals surface area contributed by atoms with E-state index in [1.165, 1.54) is 12.8 Å². The monoisotopic (exact) mass is 450 g/mol. The van der Waals surface area contributed by atoms with Crippen LogP contribution in [0.25, 0.3) is 5.65 Å². The van der Waals surface area contributed by atoms with Crippen molar-refractivity contribution < 1.29 is 9.59 Å². The van der Waals surface area contributed by atoms with Crippen LogP contribution in [-0.2, 0) is 11.2 Å². The number of fused-ring (bicyclic) bond motifs is 1. The highest BCUT2D eigenvalue weighted by Gasteiger charge is 2.87. The van der Waals surface area contributed by atoms with E-state index in [-0.39, 0.29) is 11.6 Å². The molecule has 3 N–H and O–H groups in total. The molecule has 4 aliphatic rings. The van der Waals surface area contributed by atoms with Crippen molar-refractivity contribution in [1.29, 1.82) is 0 Å². The van der Waals surface area contributed by atoms with E-state index in [0.717, 1.165) is 37.8 Å². The number of nitrogens with one attached hydrogen (secondary N) is 1. The number of hydrogen-bond acceptors (Lipinski definition) is 5. The van der Waals surface area contributed by atoms with Gasteiger partial charge >= 0.3 is 0 Å². The number of carbonyl (C=O) groups is 2. The molecule has 2 bridgehead atoms. The first-order valence-corrected chi connectivity index (χ1v) is 12.7. The maximum atomic E-state index is 13.6. The summed E-state index contributed by atoms with van der Waals surface area (Å²) in [6, 6.07) is 5.60. The molecular formula is C27H38N4O2. The van der Waals surface area contributed by atoms with Crippen molar-refractivity contribution >= 4 is 17.2 Å². The molecule has 4 aliphatic carbocycles. The van der Waals surface area contributed by atoms with Crippen LogP contribution in [0, 0.1) is 35.0 Å². The van der Waals surface area contributed by atoms with Crippen LogP contribution in [0.15, 0.2) is 24.4 Å². The Morgan fingerprint density at radius 2 is 2.06 bits per heavy atom. The van der Waals surface area contributed by atoms with Crippen LogP contribution in [0.1, 0.15) is 69.6 Å². The van der Waals surface area contributed by atoms with Crippen LogP contribution in [0.5, 0.6) is 0 Å². The molecule has 0 aromatic carbocycles. The Morgan fingerprint density at radius 1 is 1.27 bits per heavy atom. The number of Topliss-reactive ketones (excluding diaryl/α,β-unsaturated/α-hetero) is 2. The standard InChI is InChI=1S/C20H21N3O2.C7H17N/c1-10(24)5-12-9-23-15(3-2-4-17(23)22-12)18(25)20(21)14-8-19-11(6-13(14)19)7-16(19)20;1-4-5-8-6-7(2)3/h2-4,9,11,13-14,16H,5-8,21H2,1H3;7-8H,4-6H2,1-3H3. The van der Waals surface area contributed by atoms with Gasteiger partial charge in [-0.25, -0.2) is 4.98 Å². The zero-order valence-corrected chi connectivity index (χ0v) is 20.4. The van der Waals surface area contributed by atoms with Crippen LogP contribution in [0.3, 0.4) is 0 Å². The molecule has 6 heteroatoms. The predicted octanol–water partition coefficient (Wildman–Crippen LogP) is 3.66. The summed E-state index contributed by atoms with van der Waals surface area (Å²) >= 11 is 0. The van der Waals surface area contributed by atoms with Gasteiger partial charge in [-0.05, 0) is 92.8 Å². The zero-order valence-electron chi connectivity index (χ0n) is 20.4. The lowest BCUT2D eigenvalue weighted by Gasteiger charge is -2.70. The van der Waals surface area contributed by atoms with Gasteiger partial charge in [0, 0.05) is 12.6 Å². The Bertz CT molecular complexity index is 1090. The van der Waals surface area contributed by atoms with Crippen LogP contribution >= 0.6 is 0 Å². The largest absolute Gasteiger partial charge is 0.318 e. The average Bonchev–Trinajstić information content (AvgIpc) is 3.23. The van der Waals surface area contributed by atoms with Crippen LogP contribution in [-0.4, -0.2) is 39.6 Å². The van der Waals surface area contributed by atoms with Gasteiger partial charge in [0.25, 0.3) is 0 Å². The smallest absolute Gasteiger partial charge is 0.199 e. The Kier molecular flexibility index (Phi) is 5.52. The Balaban J connectivity index is 0.000000249. The molecular weight excluding hydrogens is 412 g/mol. The number of imidazole rings is 1. The lowest BCUT2D eigenvalue weighted by Crippen LogP contribution is -2.64. The molecule has 2 aromatic heterocycles. The van der Waals surface area contributed by atoms with Crippen molar-refractivity contribution in [3.63, 3.8) is 0 Å². The van der Waals surface area contributed by atoms with E-state index in [4.69, 9.17) is 5.73 Å². The number of nitrogens with two attached hydrogens (primary N) is 1. The number of aromatic nitrogens is 2. The summed E-state index contributed by atoms with van der Waals surface area (Å²) < 4.78 is 1.83. The molecule has 6 nitrogen and oxygen atoms in total. The van der Waals surface area contributed by atoms with Crippen LogP contribution < -0.4 is 11.1 Å². The van der Waals surface area contributed by atoms with Gasteiger partial charge in [-0.2, -0.15) is 0 Å². The minimum absolute atomic E-state index is 0.0689. The third-order valence-electron chi connectivity index (χ3n) is 8.98. The van der Waals surface area contributed by atoms with Gasteiger partial charge in [0.05, 0.1) is 16.9 Å². The zero-order chi connectivity index (χ0) is 23.5. The van der Waals surface area contributed by atoms with Gasteiger partial charge in [-0.1, -0.05) is 26.8 Å². The van der Waals surface area contributed by atoms with Crippen LogP contribution in [0.2, 0.25) is 0 Å². The molecule has 0 aliphatic heterocycles. The van der Waals surface area contributed by atoms with E-state index in [1.54, 1.807) is 6.92 Å². The highest BCUT2D eigenvalue weighted by atomic mass is 16.1. The van der Waals surface area contributed by atoms with E-state index in [9.17, 15) is 9.59 Å². The summed E-state index contributed by atoms with van der Waals surface area (Å²) in [6.07, 6.45) is 6.93. The fraction of sp³-hybridized carbons (Fsp3) is 0.667. The fourth-order valence-corrected chi connectivity index (χ4v) is 7.55. The molecule has 1 spiro atoms. The molecule has 178 valence electrons. The number of rotatable bonds is 8. The van der Waals surface area contributed by atoms with E-state index in [0.29, 0.717) is 46.6 Å². The number of nitrogens with zero attached hydrogens (tertiary/aromatic N) is 2. The summed E-state index contributed by atoms with van der Waals surface area (Å²) in [7, 11) is 0. The molecule has 4 saturated carbocycles. The minimum atomic E-state index is -0.697. The maximum absolute atomic E-state index is 13.6. The third-order valence-corrected chi connectivity index (χ3v) is 8.98. The van der Waals surface area contributed by atoms with Crippen molar-refractivity contribution in [2.75, 3.05) is 13.1 Å². The molecule has 2 heterocycles. The Hall–Kier alpha value is -2.05. The number of carbonyl (C=O) groups excluding carboxylic acids is 2. The van der Waals surface area contributed by atoms with Crippen molar-refractivity contribution in [3.05, 3.63) is 35.8 Å². The Morgan fingerprint density at radius 3 is 2.67 bits per heavy atom. The van der Waals surface area contributed by atoms with E-state index in [2.05, 4.69) is 31.1 Å². The minimum Gasteiger partial charge on any atom is -0.318 e. The SMILES string of the molecule is CC(=O)Cc1cn2c(C(=O)C3(N)C4CC56C(CC45)CC36)cccc2n1.CCCNCC(C)C. The van der Waals surface area contributed by atoms with Gasteiger partial charge in [-0.15, -0.1) is 0 Å². The van der Waals surface area contributed by atoms with Gasteiger partial charge in [0.2, 0.25) is 0 Å². The molecule has 2 aromatic rings. The van der Waals surface area contributed by atoms with E-state index in [1.807, 2.05) is 28.8 Å². The molecule has 33 heavy (non-hydrogen) atoms. The van der Waals surface area contributed by atoms with E-state index >= 15 is 0 Å².